The lowest BCUT2D eigenvalue weighted by molar-refractivity contribution is 0.418. The van der Waals surface area contributed by atoms with Crippen LogP contribution < -0.4 is 5.73 Å². The molecule has 1 aromatic carbocycles. The summed E-state index contributed by atoms with van der Waals surface area (Å²) in [5.41, 5.74) is 8.21. The van der Waals surface area contributed by atoms with E-state index >= 15 is 0 Å². The van der Waals surface area contributed by atoms with Gasteiger partial charge in [0.05, 0.1) is 6.04 Å². The van der Waals surface area contributed by atoms with Gasteiger partial charge in [0.1, 0.15) is 11.3 Å². The van der Waals surface area contributed by atoms with Crippen molar-refractivity contribution in [3.05, 3.63) is 35.6 Å². The summed E-state index contributed by atoms with van der Waals surface area (Å²) in [6, 6.07) is 8.21. The molecule has 2 nitrogen and oxygen atoms in total. The maximum atomic E-state index is 6.05. The van der Waals surface area contributed by atoms with Crippen molar-refractivity contribution in [3.63, 3.8) is 0 Å². The van der Waals surface area contributed by atoms with Gasteiger partial charge >= 0.3 is 0 Å². The molecule has 0 bridgehead atoms. The molecule has 0 amide bonds. The van der Waals surface area contributed by atoms with E-state index in [2.05, 4.69) is 32.9 Å². The number of nitrogens with two attached hydrogens (primary N) is 1. The highest BCUT2D eigenvalue weighted by Crippen LogP contribution is 2.26. The molecular weight excluding hydrogens is 186 g/mol. The number of hydrogen-bond donors (Lipinski definition) is 1. The molecule has 2 aromatic rings. The largest absolute Gasteiger partial charge is 0.459 e. The lowest BCUT2D eigenvalue weighted by Gasteiger charge is -2.11. The van der Waals surface area contributed by atoms with Gasteiger partial charge in [0.25, 0.3) is 0 Å². The van der Waals surface area contributed by atoms with Gasteiger partial charge in [-0.1, -0.05) is 25.5 Å². The lowest BCUT2D eigenvalue weighted by atomic mass is 10.0. The van der Waals surface area contributed by atoms with Crippen LogP contribution in [-0.4, -0.2) is 0 Å². The molecule has 0 saturated carbocycles. The van der Waals surface area contributed by atoms with E-state index in [1.54, 1.807) is 0 Å². The van der Waals surface area contributed by atoms with E-state index in [0.29, 0.717) is 5.92 Å². The van der Waals surface area contributed by atoms with Crippen molar-refractivity contribution in [2.24, 2.45) is 11.7 Å². The highest BCUT2D eigenvalue weighted by atomic mass is 16.3. The van der Waals surface area contributed by atoms with Gasteiger partial charge in [0, 0.05) is 5.39 Å². The maximum Gasteiger partial charge on any atom is 0.134 e. The maximum absolute atomic E-state index is 6.05. The summed E-state index contributed by atoms with van der Waals surface area (Å²) in [4.78, 5) is 0. The van der Waals surface area contributed by atoms with Crippen LogP contribution in [0.2, 0.25) is 0 Å². The number of benzene rings is 1. The minimum absolute atomic E-state index is 0.0160. The normalized spacial score (nSPS) is 13.7. The van der Waals surface area contributed by atoms with Crippen LogP contribution in [0, 0.1) is 12.8 Å². The third-order valence-electron chi connectivity index (χ3n) is 2.74. The molecule has 80 valence electrons. The molecule has 0 unspecified atom stereocenters. The first-order valence-corrected chi connectivity index (χ1v) is 5.33. The van der Waals surface area contributed by atoms with Crippen LogP contribution in [0.1, 0.15) is 31.2 Å². The molecule has 2 N–H and O–H groups in total. The van der Waals surface area contributed by atoms with Crippen LogP contribution in [0.3, 0.4) is 0 Å². The van der Waals surface area contributed by atoms with Crippen molar-refractivity contribution in [1.29, 1.82) is 0 Å². The first-order valence-electron chi connectivity index (χ1n) is 5.33. The van der Waals surface area contributed by atoms with E-state index < -0.39 is 0 Å². The second kappa shape index (κ2) is 3.70. The summed E-state index contributed by atoms with van der Waals surface area (Å²) >= 11 is 0. The van der Waals surface area contributed by atoms with Gasteiger partial charge in [-0.2, -0.15) is 0 Å². The predicted octanol–water partition coefficient (Wildman–Crippen LogP) is 3.40. The molecule has 1 atom stereocenters. The second-order valence-electron chi connectivity index (χ2n) is 4.46. The summed E-state index contributed by atoms with van der Waals surface area (Å²) in [7, 11) is 0. The predicted molar refractivity (Wildman–Crippen MR) is 62.7 cm³/mol. The monoisotopic (exact) mass is 203 g/mol. The van der Waals surface area contributed by atoms with Crippen LogP contribution in [0.15, 0.2) is 28.7 Å². The van der Waals surface area contributed by atoms with Crippen molar-refractivity contribution in [3.8, 4) is 0 Å². The van der Waals surface area contributed by atoms with Crippen LogP contribution in [-0.2, 0) is 0 Å². The Labute approximate surface area is 90.1 Å². The van der Waals surface area contributed by atoms with E-state index in [9.17, 15) is 0 Å². The first-order chi connectivity index (χ1) is 7.08. The Bertz CT molecular complexity index is 470. The third kappa shape index (κ3) is 1.90. The molecule has 2 heteroatoms. The van der Waals surface area contributed by atoms with Crippen LogP contribution in [0.5, 0.6) is 0 Å². The lowest BCUT2D eigenvalue weighted by Crippen LogP contribution is -2.15. The number of rotatable bonds is 2. The van der Waals surface area contributed by atoms with E-state index in [1.165, 1.54) is 5.56 Å². The Morgan fingerprint density at radius 3 is 2.60 bits per heavy atom. The summed E-state index contributed by atoms with van der Waals surface area (Å²) < 4.78 is 5.72. The highest BCUT2D eigenvalue weighted by Gasteiger charge is 2.15. The minimum Gasteiger partial charge on any atom is -0.459 e. The average Bonchev–Trinajstić information content (AvgIpc) is 2.58. The fourth-order valence-electron chi connectivity index (χ4n) is 1.68. The zero-order valence-corrected chi connectivity index (χ0v) is 9.45. The molecule has 1 heterocycles. The molecule has 0 aliphatic rings. The van der Waals surface area contributed by atoms with Gasteiger partial charge in [0.2, 0.25) is 0 Å². The molecule has 2 rings (SSSR count). The molecule has 0 aliphatic carbocycles. The van der Waals surface area contributed by atoms with Gasteiger partial charge in [-0.15, -0.1) is 0 Å². The van der Waals surface area contributed by atoms with Gasteiger partial charge in [-0.25, -0.2) is 0 Å². The summed E-state index contributed by atoms with van der Waals surface area (Å²) in [5.74, 6) is 1.28. The number of furan rings is 1. The van der Waals surface area contributed by atoms with E-state index in [0.717, 1.165) is 16.7 Å². The quantitative estimate of drug-likeness (QED) is 0.812. The van der Waals surface area contributed by atoms with E-state index in [1.807, 2.05) is 12.1 Å². The summed E-state index contributed by atoms with van der Waals surface area (Å²) in [6.07, 6.45) is 0. The average molecular weight is 203 g/mol. The van der Waals surface area contributed by atoms with Crippen molar-refractivity contribution in [2.45, 2.75) is 26.8 Å². The molecule has 1 aromatic heterocycles. The SMILES string of the molecule is Cc1ccc2oc([C@H](N)C(C)C)cc2c1. The minimum atomic E-state index is -0.0160. The standard InChI is InChI=1S/C13H17NO/c1-8(2)13(14)12-7-10-6-9(3)4-5-11(10)15-12/h4-8,13H,14H2,1-3H3/t13-/m1/s1. The van der Waals surface area contributed by atoms with Crippen molar-refractivity contribution in [1.82, 2.24) is 0 Å². The fourth-order valence-corrected chi connectivity index (χ4v) is 1.68. The Morgan fingerprint density at radius 2 is 1.93 bits per heavy atom. The third-order valence-corrected chi connectivity index (χ3v) is 2.74. The summed E-state index contributed by atoms with van der Waals surface area (Å²) in [5, 5.41) is 1.14. The zero-order valence-electron chi connectivity index (χ0n) is 9.45. The molecule has 0 saturated heterocycles. The van der Waals surface area contributed by atoms with Crippen molar-refractivity contribution >= 4 is 11.0 Å². The molecule has 0 aliphatic heterocycles. The Morgan fingerprint density at radius 1 is 1.20 bits per heavy atom. The Kier molecular flexibility index (Phi) is 2.53. The molecule has 15 heavy (non-hydrogen) atoms. The first kappa shape index (κ1) is 10.2. The molecular formula is C13H17NO. The number of aryl methyl sites for hydroxylation is 1. The van der Waals surface area contributed by atoms with Crippen molar-refractivity contribution < 1.29 is 4.42 Å². The molecule has 0 fully saturated rings. The highest BCUT2D eigenvalue weighted by molar-refractivity contribution is 5.78. The van der Waals surface area contributed by atoms with Crippen LogP contribution >= 0.6 is 0 Å². The smallest absolute Gasteiger partial charge is 0.134 e. The second-order valence-corrected chi connectivity index (χ2v) is 4.46. The van der Waals surface area contributed by atoms with Crippen molar-refractivity contribution in [2.75, 3.05) is 0 Å². The number of hydrogen-bond acceptors (Lipinski definition) is 2. The van der Waals surface area contributed by atoms with Gasteiger partial charge in [-0.05, 0) is 31.0 Å². The molecule has 0 radical (unpaired) electrons. The van der Waals surface area contributed by atoms with E-state index in [-0.39, 0.29) is 6.04 Å². The molecule has 0 spiro atoms. The summed E-state index contributed by atoms with van der Waals surface area (Å²) in [6.45, 7) is 6.28. The zero-order chi connectivity index (χ0) is 11.0. The Balaban J connectivity index is 2.47. The van der Waals surface area contributed by atoms with Crippen LogP contribution in [0.25, 0.3) is 11.0 Å². The fraction of sp³-hybridized carbons (Fsp3) is 0.385. The Hall–Kier alpha value is -1.28. The van der Waals surface area contributed by atoms with Gasteiger partial charge < -0.3 is 10.2 Å². The van der Waals surface area contributed by atoms with Gasteiger partial charge in [0.15, 0.2) is 0 Å². The topological polar surface area (TPSA) is 39.2 Å². The van der Waals surface area contributed by atoms with Crippen LogP contribution in [0.4, 0.5) is 0 Å². The van der Waals surface area contributed by atoms with E-state index in [4.69, 9.17) is 10.2 Å². The number of fused-ring (bicyclic) bond motifs is 1. The van der Waals surface area contributed by atoms with Gasteiger partial charge in [-0.3, -0.25) is 0 Å².